The van der Waals surface area contributed by atoms with Gasteiger partial charge < -0.3 is 8.83 Å². The largest absolute Gasteiger partial charge is 0.456 e. The van der Waals surface area contributed by atoms with Crippen LogP contribution in [0.5, 0.6) is 0 Å². The molecule has 0 N–H and O–H groups in total. The van der Waals surface area contributed by atoms with Crippen LogP contribution in [0.25, 0.3) is 77.3 Å². The van der Waals surface area contributed by atoms with Crippen molar-refractivity contribution < 1.29 is 17.3 Å². The Balaban J connectivity index is 1.30. The number of sulfone groups is 1. The molecule has 6 aromatic carbocycles. The van der Waals surface area contributed by atoms with Gasteiger partial charge in [-0.25, -0.2) is 8.42 Å². The Kier molecular flexibility index (Phi) is 4.40. The fourth-order valence-corrected chi connectivity index (χ4v) is 8.38. The molecular weight excluding hydrogens is 528 g/mol. The van der Waals surface area contributed by atoms with E-state index in [2.05, 4.69) is 12.1 Å². The van der Waals surface area contributed by atoms with E-state index in [9.17, 15) is 8.42 Å². The molecule has 0 atom stereocenters. The van der Waals surface area contributed by atoms with E-state index < -0.39 is 9.84 Å². The normalized spacial score (nSPS) is 13.8. The first-order valence-electron chi connectivity index (χ1n) is 13.4. The molecule has 2 aromatic heterocycles. The SMILES string of the molecule is O=S1(=O)c2ccc(-c3cccc4oc5ccccc5c34)cc2-c2cccc(-c3cccc4oc5ccccc5c34)c21. The highest BCUT2D eigenvalue weighted by Gasteiger charge is 2.36. The van der Waals surface area contributed by atoms with E-state index in [1.165, 1.54) is 0 Å². The summed E-state index contributed by atoms with van der Waals surface area (Å²) in [6, 6.07) is 39.1. The van der Waals surface area contributed by atoms with Gasteiger partial charge in [0.2, 0.25) is 9.84 Å². The number of rotatable bonds is 2. The molecule has 9 rings (SSSR count). The highest BCUT2D eigenvalue weighted by Crippen LogP contribution is 2.50. The fraction of sp³-hybridized carbons (Fsp3) is 0. The molecule has 0 aliphatic carbocycles. The monoisotopic (exact) mass is 548 g/mol. The van der Waals surface area contributed by atoms with Crippen molar-refractivity contribution in [2.24, 2.45) is 0 Å². The summed E-state index contributed by atoms with van der Waals surface area (Å²) < 4.78 is 40.6. The van der Waals surface area contributed by atoms with E-state index in [0.717, 1.165) is 60.6 Å². The molecule has 0 spiro atoms. The zero-order chi connectivity index (χ0) is 27.3. The van der Waals surface area contributed by atoms with Crippen LogP contribution in [-0.4, -0.2) is 8.42 Å². The van der Waals surface area contributed by atoms with Crippen molar-refractivity contribution in [1.82, 2.24) is 0 Å². The Morgan fingerprint density at radius 1 is 0.439 bits per heavy atom. The quantitative estimate of drug-likeness (QED) is 0.216. The van der Waals surface area contributed by atoms with Crippen LogP contribution in [0.1, 0.15) is 0 Å². The Hall–Kier alpha value is -5.13. The molecule has 0 fully saturated rings. The summed E-state index contributed by atoms with van der Waals surface area (Å²) in [5.41, 5.74) is 8.05. The van der Waals surface area contributed by atoms with Gasteiger partial charge in [0, 0.05) is 38.2 Å². The molecule has 0 saturated heterocycles. The van der Waals surface area contributed by atoms with E-state index in [0.29, 0.717) is 26.5 Å². The maximum Gasteiger partial charge on any atom is 0.208 e. The van der Waals surface area contributed by atoms with Crippen LogP contribution in [-0.2, 0) is 9.84 Å². The van der Waals surface area contributed by atoms with Crippen molar-refractivity contribution in [3.05, 3.63) is 121 Å². The second kappa shape index (κ2) is 7.96. The number of hydrogen-bond donors (Lipinski definition) is 0. The van der Waals surface area contributed by atoms with Gasteiger partial charge in [0.25, 0.3) is 0 Å². The first-order valence-corrected chi connectivity index (χ1v) is 14.9. The summed E-state index contributed by atoms with van der Waals surface area (Å²) in [6.45, 7) is 0. The van der Waals surface area contributed by atoms with Crippen LogP contribution in [0.15, 0.2) is 140 Å². The lowest BCUT2D eigenvalue weighted by Crippen LogP contribution is -1.99. The van der Waals surface area contributed by atoms with Gasteiger partial charge in [-0.1, -0.05) is 84.9 Å². The highest BCUT2D eigenvalue weighted by molar-refractivity contribution is 7.92. The molecule has 0 unspecified atom stereocenters. The summed E-state index contributed by atoms with van der Waals surface area (Å²) in [4.78, 5) is 0.675. The molecular formula is C36H20O4S. The van der Waals surface area contributed by atoms with E-state index >= 15 is 0 Å². The molecule has 3 heterocycles. The van der Waals surface area contributed by atoms with E-state index in [1.807, 2.05) is 103 Å². The third kappa shape index (κ3) is 3.01. The zero-order valence-electron chi connectivity index (χ0n) is 21.6. The van der Waals surface area contributed by atoms with Crippen molar-refractivity contribution in [2.75, 3.05) is 0 Å². The Labute approximate surface area is 235 Å². The van der Waals surface area contributed by atoms with E-state index in [4.69, 9.17) is 8.83 Å². The number of fused-ring (bicyclic) bond motifs is 9. The van der Waals surface area contributed by atoms with Gasteiger partial charge >= 0.3 is 0 Å². The zero-order valence-corrected chi connectivity index (χ0v) is 22.4. The Bertz CT molecular complexity index is 2500. The third-order valence-corrected chi connectivity index (χ3v) is 10.2. The molecule has 0 saturated carbocycles. The van der Waals surface area contributed by atoms with Crippen molar-refractivity contribution in [2.45, 2.75) is 9.79 Å². The predicted molar refractivity (Wildman–Crippen MR) is 163 cm³/mol. The van der Waals surface area contributed by atoms with Gasteiger partial charge in [0.15, 0.2) is 0 Å². The first-order chi connectivity index (χ1) is 20.1. The number of furan rings is 2. The van der Waals surface area contributed by atoms with Crippen molar-refractivity contribution in [3.63, 3.8) is 0 Å². The van der Waals surface area contributed by atoms with Crippen LogP contribution in [0.3, 0.4) is 0 Å². The Morgan fingerprint density at radius 3 is 1.63 bits per heavy atom. The van der Waals surface area contributed by atoms with Gasteiger partial charge in [0.05, 0.1) is 9.79 Å². The van der Waals surface area contributed by atoms with Crippen molar-refractivity contribution >= 4 is 53.7 Å². The average Bonchev–Trinajstić information content (AvgIpc) is 3.65. The summed E-state index contributed by atoms with van der Waals surface area (Å²) in [7, 11) is -3.76. The lowest BCUT2D eigenvalue weighted by molar-refractivity contribution is 0.599. The minimum Gasteiger partial charge on any atom is -0.456 e. The first kappa shape index (κ1) is 22.7. The molecule has 0 bridgehead atoms. The maximum atomic E-state index is 14.2. The molecule has 0 radical (unpaired) electrons. The average molecular weight is 549 g/mol. The minimum absolute atomic E-state index is 0.331. The molecule has 0 amide bonds. The summed E-state index contributed by atoms with van der Waals surface area (Å²) in [5.74, 6) is 0. The van der Waals surface area contributed by atoms with Crippen molar-refractivity contribution in [3.8, 4) is 33.4 Å². The van der Waals surface area contributed by atoms with Crippen LogP contribution in [0, 0.1) is 0 Å². The summed E-state index contributed by atoms with van der Waals surface area (Å²) in [5, 5.41) is 3.94. The molecule has 41 heavy (non-hydrogen) atoms. The van der Waals surface area contributed by atoms with Crippen LogP contribution in [0.4, 0.5) is 0 Å². The molecule has 4 nitrogen and oxygen atoms in total. The van der Waals surface area contributed by atoms with Crippen molar-refractivity contribution in [1.29, 1.82) is 0 Å². The molecule has 5 heteroatoms. The molecule has 1 aliphatic rings. The standard InChI is InChI=1S/C36H20O4S/c37-41(38)33-19-18-21(22-10-6-16-31-34(22)26-8-1-3-14-29(26)39-31)20-28(33)25-13-5-12-24(36(25)41)23-11-7-17-32-35(23)27-9-2-4-15-30(27)40-32/h1-20H. The topological polar surface area (TPSA) is 60.4 Å². The minimum atomic E-state index is -3.76. The van der Waals surface area contributed by atoms with E-state index in [-0.39, 0.29) is 0 Å². The van der Waals surface area contributed by atoms with Gasteiger partial charge in [-0.3, -0.25) is 0 Å². The fourth-order valence-electron chi connectivity index (χ4n) is 6.52. The molecule has 194 valence electrons. The van der Waals surface area contributed by atoms with Gasteiger partial charge in [-0.05, 0) is 53.1 Å². The number of para-hydroxylation sites is 2. The van der Waals surface area contributed by atoms with Crippen LogP contribution >= 0.6 is 0 Å². The lowest BCUT2D eigenvalue weighted by atomic mass is 9.93. The third-order valence-electron chi connectivity index (χ3n) is 8.25. The van der Waals surface area contributed by atoms with Gasteiger partial charge in [-0.15, -0.1) is 0 Å². The van der Waals surface area contributed by atoms with E-state index in [1.54, 1.807) is 6.07 Å². The van der Waals surface area contributed by atoms with Crippen LogP contribution in [0.2, 0.25) is 0 Å². The second-order valence-corrected chi connectivity index (χ2v) is 12.3. The number of benzene rings is 6. The van der Waals surface area contributed by atoms with Gasteiger partial charge in [-0.2, -0.15) is 0 Å². The van der Waals surface area contributed by atoms with Crippen LogP contribution < -0.4 is 0 Å². The molecule has 8 aromatic rings. The maximum absolute atomic E-state index is 14.2. The summed E-state index contributed by atoms with van der Waals surface area (Å²) >= 11 is 0. The Morgan fingerprint density at radius 2 is 0.951 bits per heavy atom. The molecule has 1 aliphatic heterocycles. The summed E-state index contributed by atoms with van der Waals surface area (Å²) in [6.07, 6.45) is 0. The van der Waals surface area contributed by atoms with Gasteiger partial charge in [0.1, 0.15) is 22.3 Å². The predicted octanol–water partition coefficient (Wildman–Crippen LogP) is 9.63. The number of hydrogen-bond acceptors (Lipinski definition) is 4. The lowest BCUT2D eigenvalue weighted by Gasteiger charge is -2.10. The highest BCUT2D eigenvalue weighted by atomic mass is 32.2. The smallest absolute Gasteiger partial charge is 0.208 e. The second-order valence-electron chi connectivity index (χ2n) is 10.5.